The molecular formula is C26H42N2O4. The Balaban J connectivity index is 1.43. The predicted octanol–water partition coefficient (Wildman–Crippen LogP) is 4.23. The Morgan fingerprint density at radius 1 is 1.06 bits per heavy atom. The smallest absolute Gasteiger partial charge is 0.309 e. The second-order valence-electron chi connectivity index (χ2n) is 12.4. The summed E-state index contributed by atoms with van der Waals surface area (Å²) in [6.07, 6.45) is 9.13. The number of piperidine rings is 1. The van der Waals surface area contributed by atoms with E-state index in [0.29, 0.717) is 42.5 Å². The molecule has 1 heterocycles. The van der Waals surface area contributed by atoms with Crippen molar-refractivity contribution in [3.05, 3.63) is 0 Å². The first-order valence-corrected chi connectivity index (χ1v) is 12.7. The van der Waals surface area contributed by atoms with Gasteiger partial charge in [-0.1, -0.05) is 13.8 Å². The number of nitrogens with zero attached hydrogens (tertiary/aromatic N) is 1. The van der Waals surface area contributed by atoms with Gasteiger partial charge in [0.25, 0.3) is 0 Å². The lowest BCUT2D eigenvalue weighted by molar-refractivity contribution is -0.157. The highest BCUT2D eigenvalue weighted by molar-refractivity contribution is 5.79. The van der Waals surface area contributed by atoms with Crippen molar-refractivity contribution in [3.8, 4) is 0 Å². The molecule has 4 rings (SSSR count). The third kappa shape index (κ3) is 3.66. The fourth-order valence-corrected chi connectivity index (χ4v) is 8.19. The van der Waals surface area contributed by atoms with Crippen molar-refractivity contribution < 1.29 is 19.5 Å². The zero-order valence-corrected chi connectivity index (χ0v) is 20.6. The molecule has 2 amide bonds. The number of fused-ring (bicyclic) bond motifs is 5. The summed E-state index contributed by atoms with van der Waals surface area (Å²) in [7, 11) is 2.00. The summed E-state index contributed by atoms with van der Waals surface area (Å²) in [5.74, 6) is 1.43. The number of carbonyl (C=O) groups excluding carboxylic acids is 2. The van der Waals surface area contributed by atoms with Gasteiger partial charge in [-0.15, -0.1) is 0 Å². The molecular weight excluding hydrogens is 404 g/mol. The first kappa shape index (κ1) is 23.6. The lowest BCUT2D eigenvalue weighted by Crippen LogP contribution is -2.62. The number of carboxylic acids is 1. The molecule has 4 fully saturated rings. The Bertz CT molecular complexity index is 795. The van der Waals surface area contributed by atoms with Gasteiger partial charge in [-0.2, -0.15) is 0 Å². The first-order chi connectivity index (χ1) is 14.9. The van der Waals surface area contributed by atoms with Gasteiger partial charge >= 0.3 is 5.97 Å². The molecule has 4 aliphatic rings. The van der Waals surface area contributed by atoms with Gasteiger partial charge in [-0.3, -0.25) is 14.4 Å². The zero-order chi connectivity index (χ0) is 23.5. The van der Waals surface area contributed by atoms with Crippen LogP contribution in [0.3, 0.4) is 0 Å². The van der Waals surface area contributed by atoms with Gasteiger partial charge in [0.1, 0.15) is 0 Å². The molecule has 180 valence electrons. The summed E-state index contributed by atoms with van der Waals surface area (Å²) in [5.41, 5.74) is -0.532. The molecule has 6 heteroatoms. The molecule has 0 aromatic rings. The Kier molecular flexibility index (Phi) is 5.90. The van der Waals surface area contributed by atoms with Crippen molar-refractivity contribution in [3.63, 3.8) is 0 Å². The molecule has 0 aromatic heterocycles. The minimum absolute atomic E-state index is 0.00332. The fourth-order valence-electron chi connectivity index (χ4n) is 8.19. The summed E-state index contributed by atoms with van der Waals surface area (Å²) in [6, 6.07) is 0.568. The minimum atomic E-state index is -0.875. The van der Waals surface area contributed by atoms with E-state index in [1.54, 1.807) is 13.8 Å². The molecule has 2 unspecified atom stereocenters. The van der Waals surface area contributed by atoms with Crippen molar-refractivity contribution in [1.29, 1.82) is 0 Å². The molecule has 0 radical (unpaired) electrons. The van der Waals surface area contributed by atoms with E-state index in [0.717, 1.165) is 25.7 Å². The van der Waals surface area contributed by atoms with E-state index < -0.39 is 11.4 Å². The van der Waals surface area contributed by atoms with Crippen LogP contribution in [0, 0.1) is 34.0 Å². The third-order valence-electron chi connectivity index (χ3n) is 10.4. The average molecular weight is 447 g/mol. The van der Waals surface area contributed by atoms with Crippen LogP contribution in [-0.4, -0.2) is 46.9 Å². The lowest BCUT2D eigenvalue weighted by atomic mass is 9.47. The molecule has 3 saturated carbocycles. The minimum Gasteiger partial charge on any atom is -0.481 e. The van der Waals surface area contributed by atoms with E-state index in [4.69, 9.17) is 0 Å². The van der Waals surface area contributed by atoms with Crippen LogP contribution in [0.5, 0.6) is 0 Å². The van der Waals surface area contributed by atoms with Crippen molar-refractivity contribution in [2.24, 2.45) is 34.0 Å². The SMILES string of the molecule is CN1C(=O)CC[C@@]2(C)C1CC[C@@H]1[C@H]2CC[C@]2(C)C(NC(=O)CCC(C)(C)C(=O)O)CC[C@@H]12. The van der Waals surface area contributed by atoms with Gasteiger partial charge in [-0.25, -0.2) is 0 Å². The number of likely N-dealkylation sites (tertiary alicyclic amines) is 1. The molecule has 0 aromatic carbocycles. The Morgan fingerprint density at radius 3 is 2.44 bits per heavy atom. The highest BCUT2D eigenvalue weighted by atomic mass is 16.4. The van der Waals surface area contributed by atoms with Gasteiger partial charge in [0.2, 0.25) is 11.8 Å². The molecule has 2 N–H and O–H groups in total. The van der Waals surface area contributed by atoms with E-state index in [1.165, 1.54) is 19.3 Å². The molecule has 0 spiro atoms. The largest absolute Gasteiger partial charge is 0.481 e. The van der Waals surface area contributed by atoms with E-state index in [1.807, 2.05) is 11.9 Å². The van der Waals surface area contributed by atoms with Crippen molar-refractivity contribution in [2.45, 2.75) is 104 Å². The summed E-state index contributed by atoms with van der Waals surface area (Å²) < 4.78 is 0. The van der Waals surface area contributed by atoms with Crippen LogP contribution < -0.4 is 5.32 Å². The Labute approximate surface area is 192 Å². The maximum Gasteiger partial charge on any atom is 0.309 e. The predicted molar refractivity (Wildman–Crippen MR) is 123 cm³/mol. The van der Waals surface area contributed by atoms with Crippen LogP contribution in [0.25, 0.3) is 0 Å². The van der Waals surface area contributed by atoms with Gasteiger partial charge in [0.05, 0.1) is 5.41 Å². The number of aliphatic carboxylic acids is 1. The van der Waals surface area contributed by atoms with Crippen LogP contribution >= 0.6 is 0 Å². The topological polar surface area (TPSA) is 86.7 Å². The average Bonchev–Trinajstić information content (AvgIpc) is 3.06. The van der Waals surface area contributed by atoms with Gasteiger partial charge in [-0.05, 0) is 93.8 Å². The molecule has 3 aliphatic carbocycles. The van der Waals surface area contributed by atoms with Crippen LogP contribution in [-0.2, 0) is 14.4 Å². The van der Waals surface area contributed by atoms with Crippen LogP contribution in [0.15, 0.2) is 0 Å². The highest BCUT2D eigenvalue weighted by Gasteiger charge is 2.61. The molecule has 6 nitrogen and oxygen atoms in total. The summed E-state index contributed by atoms with van der Waals surface area (Å²) in [4.78, 5) is 38.5. The molecule has 1 saturated heterocycles. The van der Waals surface area contributed by atoms with E-state index in [2.05, 4.69) is 19.2 Å². The second kappa shape index (κ2) is 8.02. The number of carbonyl (C=O) groups is 3. The number of hydrogen-bond acceptors (Lipinski definition) is 3. The number of nitrogens with one attached hydrogen (secondary N) is 1. The summed E-state index contributed by atoms with van der Waals surface area (Å²) in [5, 5.41) is 12.6. The quantitative estimate of drug-likeness (QED) is 0.662. The van der Waals surface area contributed by atoms with Gasteiger partial charge < -0.3 is 15.3 Å². The van der Waals surface area contributed by atoms with Crippen LogP contribution in [0.2, 0.25) is 0 Å². The maximum absolute atomic E-state index is 12.7. The number of rotatable bonds is 5. The monoisotopic (exact) mass is 446 g/mol. The summed E-state index contributed by atoms with van der Waals surface area (Å²) >= 11 is 0. The number of amides is 2. The van der Waals surface area contributed by atoms with E-state index in [9.17, 15) is 19.5 Å². The molecule has 32 heavy (non-hydrogen) atoms. The Hall–Kier alpha value is -1.59. The third-order valence-corrected chi connectivity index (χ3v) is 10.4. The van der Waals surface area contributed by atoms with Crippen molar-refractivity contribution in [1.82, 2.24) is 10.2 Å². The first-order valence-electron chi connectivity index (χ1n) is 12.7. The normalized spacial score (nSPS) is 41.5. The number of carboxylic acid groups (broad SMARTS) is 1. The fraction of sp³-hybridized carbons (Fsp3) is 0.885. The molecule has 0 bridgehead atoms. The number of hydrogen-bond donors (Lipinski definition) is 2. The van der Waals surface area contributed by atoms with Crippen molar-refractivity contribution in [2.75, 3.05) is 7.05 Å². The Morgan fingerprint density at radius 2 is 1.75 bits per heavy atom. The van der Waals surface area contributed by atoms with Gasteiger partial charge in [0.15, 0.2) is 0 Å². The van der Waals surface area contributed by atoms with Crippen LogP contribution in [0.4, 0.5) is 0 Å². The summed E-state index contributed by atoms with van der Waals surface area (Å²) in [6.45, 7) is 8.20. The van der Waals surface area contributed by atoms with E-state index in [-0.39, 0.29) is 29.2 Å². The lowest BCUT2D eigenvalue weighted by Gasteiger charge is -2.61. The van der Waals surface area contributed by atoms with E-state index >= 15 is 0 Å². The highest BCUT2D eigenvalue weighted by Crippen LogP contribution is 2.64. The maximum atomic E-state index is 12.7. The molecule has 7 atom stereocenters. The molecule has 1 aliphatic heterocycles. The van der Waals surface area contributed by atoms with Crippen molar-refractivity contribution >= 4 is 17.8 Å². The second-order valence-corrected chi connectivity index (χ2v) is 12.4. The zero-order valence-electron chi connectivity index (χ0n) is 20.6. The van der Waals surface area contributed by atoms with Crippen LogP contribution in [0.1, 0.15) is 91.9 Å². The standard InChI is InChI=1S/C26H42N2O4/c1-24(2,23(31)32)13-11-21(29)27-19-8-7-17-16-6-9-20-26(4,15-12-22(30)28(20)5)18(16)10-14-25(17,19)3/h16-20H,6-15H2,1-5H3,(H,27,29)(H,31,32)/t16-,17-,18+,19?,20?,25-,26+/m0/s1. The van der Waals surface area contributed by atoms with Gasteiger partial charge in [0, 0.05) is 32.0 Å².